The lowest BCUT2D eigenvalue weighted by Crippen LogP contribution is -2.22. The number of aryl methyl sites for hydroxylation is 2. The summed E-state index contributed by atoms with van der Waals surface area (Å²) in [4.78, 5) is 9.05. The van der Waals surface area contributed by atoms with Gasteiger partial charge in [-0.1, -0.05) is 54.1 Å². The second kappa shape index (κ2) is 9.20. The topological polar surface area (TPSA) is 93.2 Å². The van der Waals surface area contributed by atoms with Crippen molar-refractivity contribution in [3.63, 3.8) is 0 Å². The molecule has 2 N–H and O–H groups in total. The van der Waals surface area contributed by atoms with Crippen molar-refractivity contribution in [1.82, 2.24) is 9.97 Å². The average Bonchev–Trinajstić information content (AvgIpc) is 2.81. The predicted octanol–water partition coefficient (Wildman–Crippen LogP) is 5.76. The second-order valence-electron chi connectivity index (χ2n) is 8.32. The number of fused-ring (bicyclic) bond motifs is 4. The van der Waals surface area contributed by atoms with Crippen LogP contribution in [0.5, 0.6) is 5.88 Å². The smallest absolute Gasteiger partial charge is 0.264 e. The highest BCUT2D eigenvalue weighted by Crippen LogP contribution is 2.33. The molecule has 1 unspecified atom stereocenters. The molecule has 3 aromatic carbocycles. The van der Waals surface area contributed by atoms with Gasteiger partial charge < -0.3 is 10.1 Å². The second-order valence-corrected chi connectivity index (χ2v) is 10.4. The van der Waals surface area contributed by atoms with Crippen LogP contribution in [0.3, 0.4) is 0 Å². The number of hydrogen-bond donors (Lipinski definition) is 2. The standard InChI is InChI=1S/C26H23ClN4O3S/c1-16-7-5-8-17(2)25(16)22-14-24-30-26(29-22)31-35(32,33)19-10-6-9-18(13-19)28-15-23(34-24)20-11-3-4-12-21(20)27/h3-14,23,28H,15H2,1-2H3,(H,29,30,31). The van der Waals surface area contributed by atoms with Crippen LogP contribution in [0.4, 0.5) is 11.6 Å². The number of aromatic nitrogens is 2. The lowest BCUT2D eigenvalue weighted by molar-refractivity contribution is 0.210. The Kier molecular flexibility index (Phi) is 6.08. The van der Waals surface area contributed by atoms with Crippen molar-refractivity contribution in [2.75, 3.05) is 16.6 Å². The monoisotopic (exact) mass is 506 g/mol. The zero-order chi connectivity index (χ0) is 24.6. The van der Waals surface area contributed by atoms with E-state index >= 15 is 0 Å². The zero-order valence-corrected chi connectivity index (χ0v) is 20.7. The third kappa shape index (κ3) is 4.80. The Morgan fingerprint density at radius 2 is 1.69 bits per heavy atom. The van der Waals surface area contributed by atoms with Gasteiger partial charge >= 0.3 is 0 Å². The number of hydrogen-bond acceptors (Lipinski definition) is 6. The summed E-state index contributed by atoms with van der Waals surface area (Å²) in [6.45, 7) is 4.29. The SMILES string of the molecule is Cc1cccc(C)c1-c1cc2nc(n1)NS(=O)(=O)c1cccc(c1)NCC(c1ccccc1Cl)O2. The summed E-state index contributed by atoms with van der Waals surface area (Å²) in [5.74, 6) is 0.156. The fraction of sp³-hybridized carbons (Fsp3) is 0.154. The fourth-order valence-corrected chi connectivity index (χ4v) is 5.38. The van der Waals surface area contributed by atoms with Crippen molar-refractivity contribution < 1.29 is 13.2 Å². The van der Waals surface area contributed by atoms with Gasteiger partial charge in [0.15, 0.2) is 0 Å². The number of sulfonamides is 1. The van der Waals surface area contributed by atoms with Gasteiger partial charge in [0.2, 0.25) is 11.8 Å². The van der Waals surface area contributed by atoms with Crippen LogP contribution in [0.1, 0.15) is 22.8 Å². The molecule has 4 aromatic rings. The molecule has 0 saturated carbocycles. The Balaban J connectivity index is 1.70. The summed E-state index contributed by atoms with van der Waals surface area (Å²) in [5, 5.41) is 3.83. The first-order valence-electron chi connectivity index (χ1n) is 11.0. The molecule has 0 fully saturated rings. The normalized spacial score (nSPS) is 16.6. The molecular weight excluding hydrogens is 484 g/mol. The van der Waals surface area contributed by atoms with E-state index < -0.39 is 16.1 Å². The highest BCUT2D eigenvalue weighted by atomic mass is 35.5. The van der Waals surface area contributed by atoms with E-state index in [1.54, 1.807) is 30.3 Å². The minimum Gasteiger partial charge on any atom is -0.467 e. The summed E-state index contributed by atoms with van der Waals surface area (Å²) < 4.78 is 35.1. The maximum absolute atomic E-state index is 13.1. The molecule has 1 aliphatic rings. The first-order valence-corrected chi connectivity index (χ1v) is 12.9. The summed E-state index contributed by atoms with van der Waals surface area (Å²) in [6.07, 6.45) is -0.503. The molecule has 0 aliphatic carbocycles. The molecule has 2 heterocycles. The molecule has 4 bridgehead atoms. The van der Waals surface area contributed by atoms with Crippen LogP contribution in [0.2, 0.25) is 5.02 Å². The molecule has 9 heteroatoms. The average molecular weight is 507 g/mol. The van der Waals surface area contributed by atoms with Crippen molar-refractivity contribution in [3.05, 3.63) is 94.5 Å². The van der Waals surface area contributed by atoms with Crippen LogP contribution in [0, 0.1) is 13.8 Å². The van der Waals surface area contributed by atoms with E-state index in [2.05, 4.69) is 20.0 Å². The molecule has 0 amide bonds. The maximum Gasteiger partial charge on any atom is 0.264 e. The van der Waals surface area contributed by atoms with Crippen LogP contribution in [0.15, 0.2) is 77.7 Å². The molecular formula is C26H23ClN4O3S. The van der Waals surface area contributed by atoms with E-state index in [0.29, 0.717) is 22.9 Å². The van der Waals surface area contributed by atoms with Gasteiger partial charge in [-0.3, -0.25) is 0 Å². The fourth-order valence-electron chi connectivity index (χ4n) is 4.14. The predicted molar refractivity (Wildman–Crippen MR) is 138 cm³/mol. The van der Waals surface area contributed by atoms with Crippen LogP contribution < -0.4 is 14.8 Å². The van der Waals surface area contributed by atoms with E-state index in [1.807, 2.05) is 50.2 Å². The molecule has 35 heavy (non-hydrogen) atoms. The Morgan fingerprint density at radius 3 is 2.46 bits per heavy atom. The third-order valence-corrected chi connectivity index (χ3v) is 7.49. The van der Waals surface area contributed by atoms with Gasteiger partial charge in [0.05, 0.1) is 17.1 Å². The quantitative estimate of drug-likeness (QED) is 0.359. The number of rotatable bonds is 2. The number of ether oxygens (including phenoxy) is 1. The molecule has 178 valence electrons. The van der Waals surface area contributed by atoms with Crippen molar-refractivity contribution in [3.8, 4) is 17.1 Å². The largest absolute Gasteiger partial charge is 0.467 e. The Hall–Kier alpha value is -3.62. The van der Waals surface area contributed by atoms with Crippen LogP contribution in [0.25, 0.3) is 11.3 Å². The Morgan fingerprint density at radius 1 is 0.943 bits per heavy atom. The van der Waals surface area contributed by atoms with Crippen molar-refractivity contribution in [1.29, 1.82) is 0 Å². The number of anilines is 2. The van der Waals surface area contributed by atoms with Crippen molar-refractivity contribution >= 4 is 33.3 Å². The molecule has 1 aliphatic heterocycles. The van der Waals surface area contributed by atoms with Gasteiger partial charge in [-0.05, 0) is 49.2 Å². The van der Waals surface area contributed by atoms with Crippen LogP contribution in [-0.2, 0) is 10.0 Å². The van der Waals surface area contributed by atoms with Crippen LogP contribution >= 0.6 is 11.6 Å². The minimum atomic E-state index is -3.93. The van der Waals surface area contributed by atoms with E-state index in [4.69, 9.17) is 16.3 Å². The molecule has 0 radical (unpaired) electrons. The Labute approximate surface area is 209 Å². The van der Waals surface area contributed by atoms with Crippen molar-refractivity contribution in [2.45, 2.75) is 24.8 Å². The maximum atomic E-state index is 13.1. The van der Waals surface area contributed by atoms with Gasteiger partial charge in [0, 0.05) is 27.9 Å². The lowest BCUT2D eigenvalue weighted by atomic mass is 10.00. The first kappa shape index (κ1) is 23.1. The van der Waals surface area contributed by atoms with Gasteiger partial charge in [0.25, 0.3) is 10.0 Å². The Bertz CT molecular complexity index is 1500. The molecule has 1 aromatic heterocycles. The molecule has 5 rings (SSSR count). The van der Waals surface area contributed by atoms with Gasteiger partial charge in [-0.15, -0.1) is 0 Å². The number of halogens is 1. The van der Waals surface area contributed by atoms with Gasteiger partial charge in [-0.2, -0.15) is 4.98 Å². The lowest BCUT2D eigenvalue weighted by Gasteiger charge is -2.23. The zero-order valence-electron chi connectivity index (χ0n) is 19.1. The summed E-state index contributed by atoms with van der Waals surface area (Å²) in [7, 11) is -3.93. The molecule has 0 saturated heterocycles. The van der Waals surface area contributed by atoms with E-state index in [9.17, 15) is 8.42 Å². The van der Waals surface area contributed by atoms with E-state index in [0.717, 1.165) is 22.3 Å². The van der Waals surface area contributed by atoms with Crippen molar-refractivity contribution in [2.24, 2.45) is 0 Å². The summed E-state index contributed by atoms with van der Waals surface area (Å²) >= 11 is 6.51. The van der Waals surface area contributed by atoms with Crippen LogP contribution in [-0.4, -0.2) is 24.9 Å². The molecule has 1 atom stereocenters. The third-order valence-electron chi connectivity index (χ3n) is 5.82. The number of benzene rings is 3. The number of nitrogens with one attached hydrogen (secondary N) is 2. The number of nitrogens with zero attached hydrogens (tertiary/aromatic N) is 2. The summed E-state index contributed by atoms with van der Waals surface area (Å²) in [6, 6.07) is 21.7. The van der Waals surface area contributed by atoms with Gasteiger partial charge in [-0.25, -0.2) is 18.1 Å². The summed E-state index contributed by atoms with van der Waals surface area (Å²) in [5.41, 5.74) is 4.86. The van der Waals surface area contributed by atoms with E-state index in [1.165, 1.54) is 6.07 Å². The highest BCUT2D eigenvalue weighted by molar-refractivity contribution is 7.92. The highest BCUT2D eigenvalue weighted by Gasteiger charge is 2.23. The molecule has 0 spiro atoms. The van der Waals surface area contributed by atoms with E-state index in [-0.39, 0.29) is 16.7 Å². The first-order chi connectivity index (χ1) is 16.8. The van der Waals surface area contributed by atoms with Gasteiger partial charge in [0.1, 0.15) is 6.10 Å². The molecule has 7 nitrogen and oxygen atoms in total. The minimum absolute atomic E-state index is 0.0722.